The minimum Gasteiger partial charge on any atom is -0.353 e. The first-order valence-corrected chi connectivity index (χ1v) is 5.51. The van der Waals surface area contributed by atoms with E-state index in [0.29, 0.717) is 18.9 Å². The molecule has 1 aliphatic rings. The molecule has 1 unspecified atom stereocenters. The summed E-state index contributed by atoms with van der Waals surface area (Å²) in [5.41, 5.74) is 2.52. The molecule has 2 rings (SSSR count). The summed E-state index contributed by atoms with van der Waals surface area (Å²) in [7, 11) is 0. The highest BCUT2D eigenvalue weighted by Gasteiger charge is 2.30. The molecule has 8 nitrogen and oxygen atoms in total. The van der Waals surface area contributed by atoms with Crippen LogP contribution in [0.15, 0.2) is 12.4 Å². The lowest BCUT2D eigenvalue weighted by atomic mass is 10.2. The summed E-state index contributed by atoms with van der Waals surface area (Å²) in [6, 6.07) is -0.500. The number of amides is 2. The van der Waals surface area contributed by atoms with Gasteiger partial charge in [-0.05, 0) is 6.92 Å². The molecule has 0 aliphatic carbocycles. The molecule has 2 amide bonds. The number of nitrogens with zero attached hydrogens (tertiary/aromatic N) is 3. The molecule has 1 saturated heterocycles. The van der Waals surface area contributed by atoms with Gasteiger partial charge in [0.15, 0.2) is 5.82 Å². The molecule has 1 fully saturated rings. The number of anilines is 1. The quantitative estimate of drug-likeness (QED) is 0.445. The van der Waals surface area contributed by atoms with Gasteiger partial charge in [-0.2, -0.15) is 0 Å². The fourth-order valence-corrected chi connectivity index (χ4v) is 1.72. The average Bonchev–Trinajstić information content (AvgIpc) is 2.41. The Morgan fingerprint density at radius 2 is 2.33 bits per heavy atom. The second kappa shape index (κ2) is 4.96. The van der Waals surface area contributed by atoms with E-state index in [9.17, 15) is 9.59 Å². The summed E-state index contributed by atoms with van der Waals surface area (Å²) in [6.07, 6.45) is 2.69. The van der Waals surface area contributed by atoms with E-state index in [2.05, 4.69) is 20.7 Å². The predicted molar refractivity (Wildman–Crippen MR) is 63.4 cm³/mol. The molecule has 0 aromatic carbocycles. The molecule has 1 aromatic heterocycles. The van der Waals surface area contributed by atoms with Crippen LogP contribution in [0.2, 0.25) is 0 Å². The van der Waals surface area contributed by atoms with Gasteiger partial charge in [-0.3, -0.25) is 9.59 Å². The summed E-state index contributed by atoms with van der Waals surface area (Å²) in [6.45, 7) is 2.59. The first-order valence-electron chi connectivity index (χ1n) is 5.51. The second-order valence-corrected chi connectivity index (χ2v) is 3.90. The van der Waals surface area contributed by atoms with Crippen molar-refractivity contribution in [2.75, 3.05) is 18.5 Å². The van der Waals surface area contributed by atoms with Crippen LogP contribution in [0.4, 0.5) is 5.82 Å². The van der Waals surface area contributed by atoms with Crippen LogP contribution in [0, 0.1) is 0 Å². The summed E-state index contributed by atoms with van der Waals surface area (Å²) < 4.78 is 0. The number of nitrogen functional groups attached to an aromatic ring is 1. The Morgan fingerprint density at radius 1 is 1.56 bits per heavy atom. The monoisotopic (exact) mass is 250 g/mol. The lowest BCUT2D eigenvalue weighted by Gasteiger charge is -2.32. The number of hydrazine groups is 1. The molecule has 0 spiro atoms. The molecule has 96 valence electrons. The van der Waals surface area contributed by atoms with Crippen LogP contribution in [0.5, 0.6) is 0 Å². The smallest absolute Gasteiger partial charge is 0.274 e. The molecule has 1 atom stereocenters. The van der Waals surface area contributed by atoms with Crippen LogP contribution in [0.3, 0.4) is 0 Å². The zero-order chi connectivity index (χ0) is 13.1. The highest BCUT2D eigenvalue weighted by atomic mass is 16.2. The van der Waals surface area contributed by atoms with Gasteiger partial charge in [0.25, 0.3) is 5.91 Å². The number of carbonyl (C=O) groups excluding carboxylic acids is 2. The molecule has 0 saturated carbocycles. The third-order valence-electron chi connectivity index (χ3n) is 2.78. The normalized spacial score (nSPS) is 19.3. The second-order valence-electron chi connectivity index (χ2n) is 3.90. The van der Waals surface area contributed by atoms with Crippen molar-refractivity contribution in [3.63, 3.8) is 0 Å². The maximum atomic E-state index is 12.1. The van der Waals surface area contributed by atoms with Crippen molar-refractivity contribution in [3.8, 4) is 0 Å². The molecular weight excluding hydrogens is 236 g/mol. The van der Waals surface area contributed by atoms with E-state index in [-0.39, 0.29) is 17.5 Å². The Morgan fingerprint density at radius 3 is 2.94 bits per heavy atom. The molecule has 8 heteroatoms. The van der Waals surface area contributed by atoms with Crippen LogP contribution in [-0.2, 0) is 4.79 Å². The average molecular weight is 250 g/mol. The summed E-state index contributed by atoms with van der Waals surface area (Å²) >= 11 is 0. The Kier molecular flexibility index (Phi) is 3.38. The van der Waals surface area contributed by atoms with Gasteiger partial charge in [0.05, 0.1) is 12.4 Å². The zero-order valence-electron chi connectivity index (χ0n) is 9.88. The molecule has 0 radical (unpaired) electrons. The van der Waals surface area contributed by atoms with E-state index >= 15 is 0 Å². The third kappa shape index (κ3) is 2.23. The van der Waals surface area contributed by atoms with E-state index in [1.165, 1.54) is 17.3 Å². The van der Waals surface area contributed by atoms with Crippen LogP contribution in [-0.4, -0.2) is 45.8 Å². The van der Waals surface area contributed by atoms with Crippen LogP contribution in [0.1, 0.15) is 17.4 Å². The molecule has 1 aliphatic heterocycles. The van der Waals surface area contributed by atoms with Crippen molar-refractivity contribution in [2.45, 2.75) is 13.0 Å². The maximum absolute atomic E-state index is 12.1. The number of carbonyl (C=O) groups is 2. The maximum Gasteiger partial charge on any atom is 0.274 e. The van der Waals surface area contributed by atoms with Crippen LogP contribution in [0.25, 0.3) is 0 Å². The van der Waals surface area contributed by atoms with Gasteiger partial charge in [0.1, 0.15) is 11.7 Å². The van der Waals surface area contributed by atoms with Crippen LogP contribution >= 0.6 is 0 Å². The topological polar surface area (TPSA) is 113 Å². The van der Waals surface area contributed by atoms with E-state index in [0.717, 1.165) is 0 Å². The molecule has 4 N–H and O–H groups in total. The fourth-order valence-electron chi connectivity index (χ4n) is 1.72. The van der Waals surface area contributed by atoms with Gasteiger partial charge >= 0.3 is 0 Å². The van der Waals surface area contributed by atoms with Gasteiger partial charge in [-0.15, -0.1) is 0 Å². The SMILES string of the molecule is CC1C(=O)NCCN1C(=O)c1cnc(NN)cn1. The molecule has 2 heterocycles. The van der Waals surface area contributed by atoms with Gasteiger partial charge in [0, 0.05) is 13.1 Å². The van der Waals surface area contributed by atoms with Gasteiger partial charge in [-0.25, -0.2) is 15.8 Å². The Bertz CT molecular complexity index is 460. The largest absolute Gasteiger partial charge is 0.353 e. The number of nitrogens with one attached hydrogen (secondary N) is 2. The Labute approximate surface area is 104 Å². The standard InChI is InChI=1S/C10H14N6O2/c1-6-9(17)12-2-3-16(6)10(18)7-4-14-8(15-11)5-13-7/h4-6H,2-3,11H2,1H3,(H,12,17)(H,14,15). The lowest BCUT2D eigenvalue weighted by molar-refractivity contribution is -0.127. The minimum atomic E-state index is -0.500. The number of nitrogens with two attached hydrogens (primary N) is 1. The van der Waals surface area contributed by atoms with Crippen molar-refractivity contribution in [1.82, 2.24) is 20.2 Å². The summed E-state index contributed by atoms with van der Waals surface area (Å²) in [5.74, 6) is 5.05. The summed E-state index contributed by atoms with van der Waals surface area (Å²) in [5, 5.41) is 2.69. The van der Waals surface area contributed by atoms with Crippen LogP contribution < -0.4 is 16.6 Å². The molecular formula is C10H14N6O2. The third-order valence-corrected chi connectivity index (χ3v) is 2.78. The lowest BCUT2D eigenvalue weighted by Crippen LogP contribution is -2.55. The Hall–Kier alpha value is -2.22. The van der Waals surface area contributed by atoms with E-state index in [4.69, 9.17) is 5.84 Å². The van der Waals surface area contributed by atoms with Crippen molar-refractivity contribution < 1.29 is 9.59 Å². The van der Waals surface area contributed by atoms with Crippen molar-refractivity contribution >= 4 is 17.6 Å². The summed E-state index contributed by atoms with van der Waals surface area (Å²) in [4.78, 5) is 33.0. The predicted octanol–water partition coefficient (Wildman–Crippen LogP) is -1.28. The van der Waals surface area contributed by atoms with E-state index in [1.807, 2.05) is 0 Å². The number of hydrogen-bond donors (Lipinski definition) is 3. The zero-order valence-corrected chi connectivity index (χ0v) is 9.88. The minimum absolute atomic E-state index is 0.164. The number of rotatable bonds is 2. The molecule has 18 heavy (non-hydrogen) atoms. The van der Waals surface area contributed by atoms with E-state index < -0.39 is 6.04 Å². The highest BCUT2D eigenvalue weighted by Crippen LogP contribution is 2.09. The van der Waals surface area contributed by atoms with Gasteiger partial charge in [-0.1, -0.05) is 0 Å². The number of hydrogen-bond acceptors (Lipinski definition) is 6. The van der Waals surface area contributed by atoms with Crippen molar-refractivity contribution in [1.29, 1.82) is 0 Å². The first kappa shape index (κ1) is 12.2. The van der Waals surface area contributed by atoms with E-state index in [1.54, 1.807) is 6.92 Å². The highest BCUT2D eigenvalue weighted by molar-refractivity contribution is 5.96. The first-order chi connectivity index (χ1) is 8.63. The number of aromatic nitrogens is 2. The van der Waals surface area contributed by atoms with Gasteiger partial charge in [0.2, 0.25) is 5.91 Å². The molecule has 1 aromatic rings. The van der Waals surface area contributed by atoms with Crippen molar-refractivity contribution in [3.05, 3.63) is 18.1 Å². The number of piperazine rings is 1. The molecule has 0 bridgehead atoms. The van der Waals surface area contributed by atoms with Crippen molar-refractivity contribution in [2.24, 2.45) is 5.84 Å². The fraction of sp³-hybridized carbons (Fsp3) is 0.400. The Balaban J connectivity index is 2.16. The van der Waals surface area contributed by atoms with Gasteiger partial charge < -0.3 is 15.6 Å².